The average molecular weight is 359 g/mol. The molecule has 0 saturated heterocycles. The Balaban J connectivity index is 0.00000225. The fourth-order valence-corrected chi connectivity index (χ4v) is 2.83. The van der Waals surface area contributed by atoms with Crippen LogP contribution in [0.3, 0.4) is 0 Å². The van der Waals surface area contributed by atoms with E-state index in [4.69, 9.17) is 4.74 Å². The number of rotatable bonds is 7. The third-order valence-electron chi connectivity index (χ3n) is 4.60. The number of aromatic amines is 1. The van der Waals surface area contributed by atoms with Crippen molar-refractivity contribution in [3.63, 3.8) is 0 Å². The van der Waals surface area contributed by atoms with Crippen molar-refractivity contribution < 1.29 is 4.74 Å². The number of hydrogen-bond donors (Lipinski definition) is 1. The fraction of sp³-hybridized carbons (Fsp3) is 0.333. The maximum Gasteiger partial charge on any atom is 0.129 e. The molecule has 3 rings (SSSR count). The molecule has 0 aliphatic rings. The number of nitrogens with zero attached hydrogens (tertiary/aromatic N) is 1. The van der Waals surface area contributed by atoms with Crippen LogP contribution in [-0.4, -0.2) is 29.5 Å². The maximum atomic E-state index is 6.12. The Hall–Kier alpha value is -1.97. The minimum absolute atomic E-state index is 0. The highest BCUT2D eigenvalue weighted by Crippen LogP contribution is 2.30. The number of benzene rings is 2. The van der Waals surface area contributed by atoms with E-state index in [1.54, 1.807) is 0 Å². The molecule has 25 heavy (non-hydrogen) atoms. The Bertz CT molecular complexity index is 783. The Morgan fingerprint density at radius 2 is 1.80 bits per heavy atom. The molecule has 1 aromatic heterocycles. The predicted molar refractivity (Wildman–Crippen MR) is 108 cm³/mol. The molecule has 0 radical (unpaired) electrons. The van der Waals surface area contributed by atoms with E-state index in [0.29, 0.717) is 12.6 Å². The van der Waals surface area contributed by atoms with Gasteiger partial charge in [0.1, 0.15) is 12.4 Å². The molecule has 0 fully saturated rings. The molecule has 0 aliphatic heterocycles. The van der Waals surface area contributed by atoms with Crippen LogP contribution in [0.5, 0.6) is 5.75 Å². The summed E-state index contributed by atoms with van der Waals surface area (Å²) in [6.45, 7) is 6.08. The van der Waals surface area contributed by atoms with Crippen LogP contribution in [-0.2, 0) is 13.0 Å². The predicted octanol–water partition coefficient (Wildman–Crippen LogP) is 5.05. The van der Waals surface area contributed by atoms with Crippen molar-refractivity contribution in [1.82, 2.24) is 9.88 Å². The summed E-state index contributed by atoms with van der Waals surface area (Å²) in [5, 5.41) is 1.21. The zero-order chi connectivity index (χ0) is 16.9. The van der Waals surface area contributed by atoms with Crippen molar-refractivity contribution in [1.29, 1.82) is 0 Å². The third-order valence-corrected chi connectivity index (χ3v) is 4.60. The second-order valence-corrected chi connectivity index (χ2v) is 6.59. The van der Waals surface area contributed by atoms with Gasteiger partial charge in [0.15, 0.2) is 0 Å². The summed E-state index contributed by atoms with van der Waals surface area (Å²) >= 11 is 0. The molecule has 0 amide bonds. The topological polar surface area (TPSA) is 28.3 Å². The van der Waals surface area contributed by atoms with Gasteiger partial charge in [-0.3, -0.25) is 0 Å². The number of fused-ring (bicyclic) bond motifs is 1. The first kappa shape index (κ1) is 19.4. The molecular formula is C21H27ClN2O. The van der Waals surface area contributed by atoms with Gasteiger partial charge in [-0.2, -0.15) is 0 Å². The zero-order valence-corrected chi connectivity index (χ0v) is 16.0. The number of nitrogens with one attached hydrogen (secondary N) is 1. The minimum Gasteiger partial charge on any atom is -0.488 e. The standard InChI is InChI=1S/C21H26N2O.ClH/c1-16(2)23(3)13-12-18-14-22-19-10-7-11-20(21(18)19)24-15-17-8-5-4-6-9-17;/h4-11,14,16,22H,12-13,15H2,1-3H3;1H. The van der Waals surface area contributed by atoms with Gasteiger partial charge in [0.25, 0.3) is 0 Å². The van der Waals surface area contributed by atoms with Crippen LogP contribution >= 0.6 is 12.4 Å². The highest BCUT2D eigenvalue weighted by molar-refractivity contribution is 5.89. The summed E-state index contributed by atoms with van der Waals surface area (Å²) in [5.41, 5.74) is 3.65. The zero-order valence-electron chi connectivity index (χ0n) is 15.2. The number of H-pyrrole nitrogens is 1. The van der Waals surface area contributed by atoms with Crippen LogP contribution in [0, 0.1) is 0 Å². The molecule has 2 aromatic carbocycles. The molecule has 0 aliphatic carbocycles. The monoisotopic (exact) mass is 358 g/mol. The van der Waals surface area contributed by atoms with Gasteiger partial charge in [-0.1, -0.05) is 36.4 Å². The van der Waals surface area contributed by atoms with Gasteiger partial charge in [-0.15, -0.1) is 12.4 Å². The molecule has 134 valence electrons. The Morgan fingerprint density at radius 3 is 2.52 bits per heavy atom. The smallest absolute Gasteiger partial charge is 0.129 e. The Morgan fingerprint density at radius 1 is 1.04 bits per heavy atom. The van der Waals surface area contributed by atoms with Crippen molar-refractivity contribution in [3.8, 4) is 5.75 Å². The summed E-state index contributed by atoms with van der Waals surface area (Å²) in [6, 6.07) is 17.1. The van der Waals surface area contributed by atoms with Gasteiger partial charge >= 0.3 is 0 Å². The van der Waals surface area contributed by atoms with Crippen LogP contribution < -0.4 is 4.74 Å². The molecular weight excluding hydrogens is 332 g/mol. The van der Waals surface area contributed by atoms with E-state index in [1.807, 2.05) is 24.3 Å². The van der Waals surface area contributed by atoms with E-state index in [9.17, 15) is 0 Å². The molecule has 3 nitrogen and oxygen atoms in total. The molecule has 0 atom stereocenters. The van der Waals surface area contributed by atoms with E-state index in [0.717, 1.165) is 24.2 Å². The number of likely N-dealkylation sites (N-methyl/N-ethyl adjacent to an activating group) is 1. The summed E-state index contributed by atoms with van der Waals surface area (Å²) in [4.78, 5) is 5.75. The number of halogens is 1. The number of aromatic nitrogens is 1. The van der Waals surface area contributed by atoms with Gasteiger partial charge in [0, 0.05) is 29.7 Å². The quantitative estimate of drug-likeness (QED) is 0.640. The van der Waals surface area contributed by atoms with Gasteiger partial charge < -0.3 is 14.6 Å². The van der Waals surface area contributed by atoms with Crippen LogP contribution in [0.2, 0.25) is 0 Å². The molecule has 1 heterocycles. The first-order chi connectivity index (χ1) is 11.6. The lowest BCUT2D eigenvalue weighted by molar-refractivity contribution is 0.277. The van der Waals surface area contributed by atoms with Crippen molar-refractivity contribution in [2.45, 2.75) is 32.9 Å². The van der Waals surface area contributed by atoms with E-state index in [2.05, 4.69) is 61.2 Å². The number of hydrogen-bond acceptors (Lipinski definition) is 2. The second-order valence-electron chi connectivity index (χ2n) is 6.59. The molecule has 0 bridgehead atoms. The van der Waals surface area contributed by atoms with Crippen LogP contribution in [0.4, 0.5) is 0 Å². The Kier molecular flexibility index (Phi) is 6.91. The lowest BCUT2D eigenvalue weighted by Crippen LogP contribution is -2.28. The van der Waals surface area contributed by atoms with Crippen molar-refractivity contribution in [3.05, 3.63) is 65.9 Å². The minimum atomic E-state index is 0. The molecule has 3 aromatic rings. The third kappa shape index (κ3) is 4.77. The summed E-state index contributed by atoms with van der Waals surface area (Å²) < 4.78 is 6.12. The fourth-order valence-electron chi connectivity index (χ4n) is 2.83. The molecule has 0 saturated carbocycles. The van der Waals surface area contributed by atoms with Crippen LogP contribution in [0.25, 0.3) is 10.9 Å². The van der Waals surface area contributed by atoms with Crippen molar-refractivity contribution in [2.24, 2.45) is 0 Å². The maximum absolute atomic E-state index is 6.12. The second kappa shape index (κ2) is 8.93. The Labute approximate surface area is 156 Å². The molecule has 0 unspecified atom stereocenters. The van der Waals surface area contributed by atoms with Gasteiger partial charge in [0.05, 0.1) is 0 Å². The van der Waals surface area contributed by atoms with Gasteiger partial charge in [-0.25, -0.2) is 0 Å². The lowest BCUT2D eigenvalue weighted by atomic mass is 10.1. The number of ether oxygens (including phenoxy) is 1. The summed E-state index contributed by atoms with van der Waals surface area (Å²) in [6.07, 6.45) is 3.13. The van der Waals surface area contributed by atoms with Gasteiger partial charge in [0.2, 0.25) is 0 Å². The van der Waals surface area contributed by atoms with Crippen LogP contribution in [0.15, 0.2) is 54.7 Å². The SMILES string of the molecule is CC(C)N(C)CCc1c[nH]c2cccc(OCc3ccccc3)c12.Cl. The molecule has 4 heteroatoms. The van der Waals surface area contributed by atoms with Gasteiger partial charge in [-0.05, 0) is 50.6 Å². The van der Waals surface area contributed by atoms with E-state index in [1.165, 1.54) is 16.5 Å². The molecule has 0 spiro atoms. The van der Waals surface area contributed by atoms with Crippen molar-refractivity contribution >= 4 is 23.3 Å². The summed E-state index contributed by atoms with van der Waals surface area (Å²) in [5.74, 6) is 0.958. The molecule has 1 N–H and O–H groups in total. The van der Waals surface area contributed by atoms with E-state index < -0.39 is 0 Å². The van der Waals surface area contributed by atoms with E-state index >= 15 is 0 Å². The largest absolute Gasteiger partial charge is 0.488 e. The highest BCUT2D eigenvalue weighted by Gasteiger charge is 2.11. The average Bonchev–Trinajstić information content (AvgIpc) is 3.02. The highest BCUT2D eigenvalue weighted by atomic mass is 35.5. The van der Waals surface area contributed by atoms with E-state index in [-0.39, 0.29) is 12.4 Å². The first-order valence-corrected chi connectivity index (χ1v) is 8.61. The first-order valence-electron chi connectivity index (χ1n) is 8.61. The lowest BCUT2D eigenvalue weighted by Gasteiger charge is -2.20. The van der Waals surface area contributed by atoms with Crippen molar-refractivity contribution in [2.75, 3.05) is 13.6 Å². The summed E-state index contributed by atoms with van der Waals surface area (Å²) in [7, 11) is 2.17. The van der Waals surface area contributed by atoms with Crippen LogP contribution in [0.1, 0.15) is 25.0 Å². The normalized spacial score (nSPS) is 11.1.